The Labute approximate surface area is 270 Å². The summed E-state index contributed by atoms with van der Waals surface area (Å²) < 4.78 is 22.3. The summed E-state index contributed by atoms with van der Waals surface area (Å²) in [5, 5.41) is 8.02. The van der Waals surface area contributed by atoms with Gasteiger partial charge in [0.2, 0.25) is 7.29 Å². The summed E-state index contributed by atoms with van der Waals surface area (Å²) in [6.45, 7) is 7.70. The minimum atomic E-state index is -3.12. The fraction of sp³-hybridized carbons (Fsp3) is 0.250. The van der Waals surface area contributed by atoms with Crippen LogP contribution < -0.4 is 26.1 Å². The predicted molar refractivity (Wildman–Crippen MR) is 192 cm³/mol. The van der Waals surface area contributed by atoms with Crippen LogP contribution in [0.5, 0.6) is 0 Å². The highest BCUT2D eigenvalue weighted by atomic mass is 31.2. The highest BCUT2D eigenvalue weighted by Gasteiger charge is 2.51. The third-order valence-corrected chi connectivity index (χ3v) is 17.1. The van der Waals surface area contributed by atoms with E-state index >= 15 is 4.57 Å². The first kappa shape index (κ1) is 31.4. The van der Waals surface area contributed by atoms with Gasteiger partial charge in [0.1, 0.15) is 0 Å². The monoisotopic (exact) mass is 629 g/mol. The van der Waals surface area contributed by atoms with Gasteiger partial charge in [0.15, 0.2) is 0 Å². The van der Waals surface area contributed by atoms with Crippen molar-refractivity contribution in [3.05, 3.63) is 157 Å². The minimum Gasteiger partial charge on any atom is -0.407 e. The molecule has 1 fully saturated rings. The molecule has 5 aromatic carbocycles. The lowest BCUT2D eigenvalue weighted by molar-refractivity contribution is 0.279. The first-order valence-electron chi connectivity index (χ1n) is 16.1. The molecule has 3 atom stereocenters. The first-order valence-corrected chi connectivity index (χ1v) is 19.7. The van der Waals surface area contributed by atoms with Gasteiger partial charge in [-0.25, -0.2) is 0 Å². The summed E-state index contributed by atoms with van der Waals surface area (Å²) in [7, 11) is -5.70. The molecular weight excluding hydrogens is 586 g/mol. The van der Waals surface area contributed by atoms with Crippen molar-refractivity contribution in [3.63, 3.8) is 0 Å². The van der Waals surface area contributed by atoms with E-state index in [0.29, 0.717) is 18.4 Å². The number of nitrogens with one attached hydrogen (secondary N) is 1. The fourth-order valence-electron chi connectivity index (χ4n) is 6.98. The van der Waals surface area contributed by atoms with Crippen molar-refractivity contribution in [1.82, 2.24) is 5.09 Å². The lowest BCUT2D eigenvalue weighted by atomic mass is 10.0. The molecule has 45 heavy (non-hydrogen) atoms. The minimum absolute atomic E-state index is 0.0321. The van der Waals surface area contributed by atoms with E-state index in [-0.39, 0.29) is 11.1 Å². The first-order chi connectivity index (χ1) is 21.8. The maximum absolute atomic E-state index is 15.1. The molecule has 6 rings (SSSR count). The van der Waals surface area contributed by atoms with E-state index < -0.39 is 15.6 Å². The SMILES string of the molecule is CC(C)(C)[Si](OCC[C@@H]1C[C@H]1[C@@H](NP(=O)(c1ccccc1)c1ccccc1)c1ccccc1)(c1ccccc1)c1ccccc1. The van der Waals surface area contributed by atoms with Crippen LogP contribution in [0.2, 0.25) is 5.04 Å². The summed E-state index contributed by atoms with van der Waals surface area (Å²) in [6, 6.07) is 52.1. The maximum Gasteiger partial charge on any atom is 0.261 e. The largest absolute Gasteiger partial charge is 0.407 e. The average molecular weight is 630 g/mol. The summed E-state index contributed by atoms with van der Waals surface area (Å²) in [6.07, 6.45) is 2.06. The Morgan fingerprint density at radius 2 is 1.11 bits per heavy atom. The molecule has 0 aliphatic heterocycles. The van der Waals surface area contributed by atoms with Gasteiger partial charge in [-0.3, -0.25) is 9.65 Å². The standard InChI is InChI=1S/C40H44NO2PSi/c1-40(2,3)45(36-25-15-7-16-26-36,37-27-17-8-18-28-37)43-30-29-33-31-38(33)39(32-19-9-4-10-20-32)41-44(42,34-21-11-5-12-22-34)35-23-13-6-14-24-35/h4-28,33,38-39H,29-31H2,1-3H3,(H,41,42)/t33-,38-,39+/m1/s1. The van der Waals surface area contributed by atoms with Crippen molar-refractivity contribution in [2.24, 2.45) is 11.8 Å². The summed E-state index contributed by atoms with van der Waals surface area (Å²) in [4.78, 5) is 0. The van der Waals surface area contributed by atoms with Crippen LogP contribution in [-0.4, -0.2) is 14.9 Å². The Morgan fingerprint density at radius 1 is 0.689 bits per heavy atom. The maximum atomic E-state index is 15.1. The Bertz CT molecular complexity index is 1610. The Hall–Kier alpha value is -3.53. The molecule has 1 aliphatic rings. The van der Waals surface area contributed by atoms with Crippen LogP contribution in [0, 0.1) is 11.8 Å². The molecular formula is C40H44NO2PSi. The van der Waals surface area contributed by atoms with Gasteiger partial charge in [0.25, 0.3) is 8.32 Å². The highest BCUT2D eigenvalue weighted by molar-refractivity contribution is 7.76. The van der Waals surface area contributed by atoms with Crippen molar-refractivity contribution in [1.29, 1.82) is 0 Å². The van der Waals surface area contributed by atoms with E-state index in [4.69, 9.17) is 4.43 Å². The van der Waals surface area contributed by atoms with Gasteiger partial charge >= 0.3 is 0 Å². The number of benzene rings is 5. The van der Waals surface area contributed by atoms with Crippen LogP contribution in [-0.2, 0) is 8.99 Å². The van der Waals surface area contributed by atoms with Gasteiger partial charge in [0, 0.05) is 23.3 Å². The van der Waals surface area contributed by atoms with Crippen molar-refractivity contribution in [2.75, 3.05) is 6.61 Å². The average Bonchev–Trinajstić information content (AvgIpc) is 3.86. The second-order valence-electron chi connectivity index (χ2n) is 13.3. The van der Waals surface area contributed by atoms with Crippen LogP contribution in [0.25, 0.3) is 0 Å². The van der Waals surface area contributed by atoms with Gasteiger partial charge in [-0.05, 0) is 69.9 Å². The molecule has 0 amide bonds. The molecule has 0 radical (unpaired) electrons. The Morgan fingerprint density at radius 3 is 1.56 bits per heavy atom. The van der Waals surface area contributed by atoms with Crippen molar-refractivity contribution < 1.29 is 8.99 Å². The van der Waals surface area contributed by atoms with Crippen molar-refractivity contribution in [3.8, 4) is 0 Å². The van der Waals surface area contributed by atoms with E-state index in [0.717, 1.165) is 23.5 Å². The van der Waals surface area contributed by atoms with Crippen LogP contribution in [0.1, 0.15) is 45.2 Å². The fourth-order valence-corrected chi connectivity index (χ4v) is 14.1. The molecule has 0 bridgehead atoms. The number of hydrogen-bond donors (Lipinski definition) is 1. The lowest BCUT2D eigenvalue weighted by Gasteiger charge is -2.43. The molecule has 0 aromatic heterocycles. The summed E-state index contributed by atoms with van der Waals surface area (Å²) in [5.74, 6) is 0.858. The molecule has 3 nitrogen and oxygen atoms in total. The zero-order valence-corrected chi connectivity index (χ0v) is 28.4. The van der Waals surface area contributed by atoms with E-state index in [2.05, 4.69) is 117 Å². The molecule has 0 heterocycles. The zero-order valence-electron chi connectivity index (χ0n) is 26.6. The van der Waals surface area contributed by atoms with Gasteiger partial charge in [-0.2, -0.15) is 0 Å². The van der Waals surface area contributed by atoms with Gasteiger partial charge in [0.05, 0.1) is 0 Å². The second-order valence-corrected chi connectivity index (χ2v) is 20.1. The molecule has 5 aromatic rings. The van der Waals surface area contributed by atoms with Crippen LogP contribution in [0.15, 0.2) is 152 Å². The van der Waals surface area contributed by atoms with Crippen LogP contribution >= 0.6 is 7.29 Å². The number of hydrogen-bond acceptors (Lipinski definition) is 2. The van der Waals surface area contributed by atoms with E-state index in [9.17, 15) is 0 Å². The second kappa shape index (κ2) is 13.4. The quantitative estimate of drug-likeness (QED) is 0.113. The lowest BCUT2D eigenvalue weighted by Crippen LogP contribution is -2.66. The molecule has 1 N–H and O–H groups in total. The number of rotatable bonds is 12. The third-order valence-electron chi connectivity index (χ3n) is 9.35. The predicted octanol–water partition coefficient (Wildman–Crippen LogP) is 7.85. The topological polar surface area (TPSA) is 38.3 Å². The molecule has 0 unspecified atom stereocenters. The molecule has 0 saturated heterocycles. The molecule has 1 aliphatic carbocycles. The summed E-state index contributed by atoms with van der Waals surface area (Å²) >= 11 is 0. The normalized spacial score (nSPS) is 17.5. The van der Waals surface area contributed by atoms with Crippen LogP contribution in [0.4, 0.5) is 0 Å². The Balaban J connectivity index is 1.27. The molecule has 230 valence electrons. The zero-order chi connectivity index (χ0) is 31.3. The van der Waals surface area contributed by atoms with E-state index in [1.54, 1.807) is 0 Å². The van der Waals surface area contributed by atoms with E-state index in [1.807, 2.05) is 60.7 Å². The third kappa shape index (κ3) is 6.57. The van der Waals surface area contributed by atoms with Crippen molar-refractivity contribution in [2.45, 2.75) is 44.7 Å². The Kier molecular flexibility index (Phi) is 9.40. The molecule has 1 saturated carbocycles. The smallest absolute Gasteiger partial charge is 0.261 e. The van der Waals surface area contributed by atoms with E-state index in [1.165, 1.54) is 15.9 Å². The van der Waals surface area contributed by atoms with Gasteiger partial charge in [-0.1, -0.05) is 148 Å². The summed E-state index contributed by atoms with van der Waals surface area (Å²) in [5.41, 5.74) is 1.19. The molecule has 5 heteroatoms. The molecule has 0 spiro atoms. The van der Waals surface area contributed by atoms with Crippen molar-refractivity contribution >= 4 is 36.6 Å². The van der Waals surface area contributed by atoms with Crippen LogP contribution in [0.3, 0.4) is 0 Å². The van der Waals surface area contributed by atoms with Gasteiger partial charge in [-0.15, -0.1) is 0 Å². The highest BCUT2D eigenvalue weighted by Crippen LogP contribution is 2.54. The van der Waals surface area contributed by atoms with Gasteiger partial charge < -0.3 is 4.43 Å².